The van der Waals surface area contributed by atoms with Crippen LogP contribution in [0.3, 0.4) is 0 Å². The highest BCUT2D eigenvalue weighted by atomic mass is 35.5. The fourth-order valence-electron chi connectivity index (χ4n) is 1.38. The van der Waals surface area contributed by atoms with Crippen LogP contribution in [0.15, 0.2) is 30.6 Å². The van der Waals surface area contributed by atoms with Crippen LogP contribution < -0.4 is 5.32 Å². The number of nitrogens with one attached hydrogen (secondary N) is 1. The minimum absolute atomic E-state index is 0.00370. The van der Waals surface area contributed by atoms with Crippen molar-refractivity contribution >= 4 is 40.6 Å². The van der Waals surface area contributed by atoms with Crippen LogP contribution in [-0.2, 0) is 0 Å². The molecule has 2 rings (SSSR count). The number of non-ortho nitro benzene ring substituents is 1. The van der Waals surface area contributed by atoms with E-state index in [9.17, 15) is 14.9 Å². The molecule has 1 aromatic carbocycles. The van der Waals surface area contributed by atoms with Crippen LogP contribution in [0, 0.1) is 10.1 Å². The summed E-state index contributed by atoms with van der Waals surface area (Å²) in [6.45, 7) is 0. The molecule has 1 heterocycles. The van der Waals surface area contributed by atoms with E-state index in [4.69, 9.17) is 23.2 Å². The molecule has 20 heavy (non-hydrogen) atoms. The van der Waals surface area contributed by atoms with Crippen LogP contribution >= 0.6 is 23.2 Å². The summed E-state index contributed by atoms with van der Waals surface area (Å²) in [5.41, 5.74) is -0.0885. The smallest absolute Gasteiger partial charge is 0.270 e. The lowest BCUT2D eigenvalue weighted by Crippen LogP contribution is -2.13. The van der Waals surface area contributed by atoms with Gasteiger partial charge in [0.1, 0.15) is 11.3 Å². The summed E-state index contributed by atoms with van der Waals surface area (Å²) in [6.07, 6.45) is 1.14. The highest BCUT2D eigenvalue weighted by Crippen LogP contribution is 2.26. The zero-order chi connectivity index (χ0) is 14.7. The van der Waals surface area contributed by atoms with Crippen molar-refractivity contribution in [3.05, 3.63) is 56.4 Å². The lowest BCUT2D eigenvalue weighted by atomic mass is 10.2. The number of aromatic nitrogens is 2. The molecule has 1 amide bonds. The molecule has 0 saturated carbocycles. The van der Waals surface area contributed by atoms with Gasteiger partial charge in [-0.05, 0) is 6.07 Å². The molecule has 1 aromatic heterocycles. The van der Waals surface area contributed by atoms with Gasteiger partial charge in [-0.2, -0.15) is 0 Å². The molecule has 2 aromatic rings. The van der Waals surface area contributed by atoms with E-state index >= 15 is 0 Å². The highest BCUT2D eigenvalue weighted by Gasteiger charge is 2.14. The van der Waals surface area contributed by atoms with Gasteiger partial charge < -0.3 is 5.32 Å². The highest BCUT2D eigenvalue weighted by molar-refractivity contribution is 6.43. The Hall–Kier alpha value is -2.25. The summed E-state index contributed by atoms with van der Waals surface area (Å²) in [7, 11) is 0. The number of anilines is 1. The monoisotopic (exact) mass is 312 g/mol. The number of nitro benzene ring substituents is 1. The van der Waals surface area contributed by atoms with Crippen LogP contribution in [0.1, 0.15) is 10.4 Å². The molecule has 0 radical (unpaired) electrons. The molecule has 1 N–H and O–H groups in total. The summed E-state index contributed by atoms with van der Waals surface area (Å²) in [5, 5.41) is 13.0. The van der Waals surface area contributed by atoms with E-state index in [0.717, 1.165) is 12.4 Å². The van der Waals surface area contributed by atoms with Gasteiger partial charge in [0.2, 0.25) is 0 Å². The quantitative estimate of drug-likeness (QED) is 0.533. The van der Waals surface area contributed by atoms with Crippen LogP contribution in [0.4, 0.5) is 11.5 Å². The largest absolute Gasteiger partial charge is 0.305 e. The Morgan fingerprint density at radius 2 is 2.05 bits per heavy atom. The summed E-state index contributed by atoms with van der Waals surface area (Å²) < 4.78 is 0. The summed E-state index contributed by atoms with van der Waals surface area (Å²) in [6, 6.07) is 5.26. The Balaban J connectivity index is 2.26. The third-order valence-electron chi connectivity index (χ3n) is 2.30. The van der Waals surface area contributed by atoms with Gasteiger partial charge in [0.15, 0.2) is 11.0 Å². The molecular formula is C11H6Cl2N4O3. The zero-order valence-corrected chi connectivity index (χ0v) is 11.2. The lowest BCUT2D eigenvalue weighted by molar-refractivity contribution is -0.384. The van der Waals surface area contributed by atoms with E-state index in [1.165, 1.54) is 18.2 Å². The average Bonchev–Trinajstić information content (AvgIpc) is 2.44. The molecule has 7 nitrogen and oxygen atoms in total. The van der Waals surface area contributed by atoms with Gasteiger partial charge in [-0.25, -0.2) is 9.97 Å². The lowest BCUT2D eigenvalue weighted by Gasteiger charge is -2.06. The van der Waals surface area contributed by atoms with Gasteiger partial charge in [0.05, 0.1) is 4.92 Å². The number of benzene rings is 1. The van der Waals surface area contributed by atoms with Crippen molar-refractivity contribution in [2.75, 3.05) is 5.32 Å². The van der Waals surface area contributed by atoms with Crippen molar-refractivity contribution in [1.82, 2.24) is 9.97 Å². The number of carbonyl (C=O) groups is 1. The maximum atomic E-state index is 12.0. The molecule has 102 valence electrons. The molecule has 0 aliphatic heterocycles. The molecule has 0 fully saturated rings. The van der Waals surface area contributed by atoms with Crippen LogP contribution in [-0.4, -0.2) is 20.8 Å². The number of nitro groups is 1. The van der Waals surface area contributed by atoms with E-state index in [1.807, 2.05) is 0 Å². The second kappa shape index (κ2) is 5.81. The maximum absolute atomic E-state index is 12.0. The number of carbonyl (C=O) groups excluding carboxylic acids is 1. The van der Waals surface area contributed by atoms with Crippen molar-refractivity contribution < 1.29 is 9.72 Å². The normalized spacial score (nSPS) is 10.1. The van der Waals surface area contributed by atoms with Crippen molar-refractivity contribution in [1.29, 1.82) is 0 Å². The van der Waals surface area contributed by atoms with Crippen molar-refractivity contribution in [3.63, 3.8) is 0 Å². The van der Waals surface area contributed by atoms with Crippen molar-refractivity contribution in [2.24, 2.45) is 0 Å². The minimum Gasteiger partial charge on any atom is -0.305 e. The SMILES string of the molecule is O=C(Nc1ncnc(Cl)c1Cl)c1cccc([N+](=O)[O-])c1. The van der Waals surface area contributed by atoms with Gasteiger partial charge in [-0.1, -0.05) is 29.3 Å². The second-order valence-corrected chi connectivity index (χ2v) is 4.32. The van der Waals surface area contributed by atoms with Gasteiger partial charge in [-0.3, -0.25) is 14.9 Å². The standard InChI is InChI=1S/C11H6Cl2N4O3/c12-8-9(13)14-5-15-10(8)16-11(18)6-2-1-3-7(4-6)17(19)20/h1-5H,(H,14,15,16,18). The van der Waals surface area contributed by atoms with Gasteiger partial charge in [0, 0.05) is 17.7 Å². The van der Waals surface area contributed by atoms with E-state index < -0.39 is 10.8 Å². The first-order chi connectivity index (χ1) is 9.49. The molecule has 0 saturated heterocycles. The topological polar surface area (TPSA) is 98.0 Å². The number of amides is 1. The minimum atomic E-state index is -0.592. The number of hydrogen-bond acceptors (Lipinski definition) is 5. The number of nitrogens with zero attached hydrogens (tertiary/aromatic N) is 3. The molecule has 9 heteroatoms. The van der Waals surface area contributed by atoms with Gasteiger partial charge in [-0.15, -0.1) is 0 Å². The maximum Gasteiger partial charge on any atom is 0.270 e. The summed E-state index contributed by atoms with van der Waals surface area (Å²) in [5.74, 6) is -0.562. The van der Waals surface area contributed by atoms with Crippen LogP contribution in [0.2, 0.25) is 10.2 Å². The number of halogens is 2. The first-order valence-electron chi connectivity index (χ1n) is 5.21. The number of rotatable bonds is 3. The van der Waals surface area contributed by atoms with E-state index in [1.54, 1.807) is 0 Å². The van der Waals surface area contributed by atoms with Crippen LogP contribution in [0.25, 0.3) is 0 Å². The Bertz CT molecular complexity index is 693. The Kier molecular flexibility index (Phi) is 4.11. The second-order valence-electron chi connectivity index (χ2n) is 3.59. The van der Waals surface area contributed by atoms with E-state index in [-0.39, 0.29) is 27.2 Å². The van der Waals surface area contributed by atoms with E-state index in [2.05, 4.69) is 15.3 Å². The molecule has 0 bridgehead atoms. The average molecular weight is 313 g/mol. The predicted octanol–water partition coefficient (Wildman–Crippen LogP) is 2.94. The third kappa shape index (κ3) is 3.01. The van der Waals surface area contributed by atoms with Crippen molar-refractivity contribution in [2.45, 2.75) is 0 Å². The molecule has 0 unspecified atom stereocenters. The fourth-order valence-corrected chi connectivity index (χ4v) is 1.65. The molecule has 0 atom stereocenters. The number of hydrogen-bond donors (Lipinski definition) is 1. The molecule has 0 spiro atoms. The molecular weight excluding hydrogens is 307 g/mol. The first kappa shape index (κ1) is 14.2. The zero-order valence-electron chi connectivity index (χ0n) is 9.71. The molecule has 0 aliphatic rings. The van der Waals surface area contributed by atoms with Crippen molar-refractivity contribution in [3.8, 4) is 0 Å². The summed E-state index contributed by atoms with van der Waals surface area (Å²) in [4.78, 5) is 29.4. The third-order valence-corrected chi connectivity index (χ3v) is 3.04. The van der Waals surface area contributed by atoms with Crippen LogP contribution in [0.5, 0.6) is 0 Å². The Morgan fingerprint density at radius 1 is 1.30 bits per heavy atom. The molecule has 0 aliphatic carbocycles. The Morgan fingerprint density at radius 3 is 2.75 bits per heavy atom. The summed E-state index contributed by atoms with van der Waals surface area (Å²) >= 11 is 11.5. The van der Waals surface area contributed by atoms with Gasteiger partial charge >= 0.3 is 0 Å². The predicted molar refractivity (Wildman–Crippen MR) is 73.1 cm³/mol. The first-order valence-corrected chi connectivity index (χ1v) is 5.96. The fraction of sp³-hybridized carbons (Fsp3) is 0. The Labute approximate surface area is 122 Å². The van der Waals surface area contributed by atoms with E-state index in [0.29, 0.717) is 0 Å². The van der Waals surface area contributed by atoms with Gasteiger partial charge in [0.25, 0.3) is 11.6 Å².